The number of benzene rings is 3. The number of nitriles is 1. The lowest BCUT2D eigenvalue weighted by Crippen LogP contribution is -2.22. The second-order valence-corrected chi connectivity index (χ2v) is 7.73. The quantitative estimate of drug-likeness (QED) is 0.328. The maximum Gasteiger partial charge on any atom is 0.266 e. The highest BCUT2D eigenvalue weighted by atomic mass is 32.1. The summed E-state index contributed by atoms with van der Waals surface area (Å²) < 4.78 is 0. The van der Waals surface area contributed by atoms with Gasteiger partial charge >= 0.3 is 0 Å². The van der Waals surface area contributed by atoms with E-state index in [4.69, 9.17) is 0 Å². The van der Waals surface area contributed by atoms with E-state index in [0.717, 1.165) is 10.8 Å². The zero-order valence-electron chi connectivity index (χ0n) is 17.1. The van der Waals surface area contributed by atoms with Crippen LogP contribution in [0.15, 0.2) is 83.7 Å². The highest BCUT2D eigenvalue weighted by molar-refractivity contribution is 7.14. The van der Waals surface area contributed by atoms with Crippen LogP contribution in [-0.4, -0.2) is 16.8 Å². The van der Waals surface area contributed by atoms with Gasteiger partial charge in [0, 0.05) is 23.4 Å². The van der Waals surface area contributed by atoms with Crippen molar-refractivity contribution in [2.45, 2.75) is 6.92 Å². The number of hydrogen-bond donors (Lipinski definition) is 1. The third-order valence-electron chi connectivity index (χ3n) is 4.73. The molecule has 1 aromatic heterocycles. The van der Waals surface area contributed by atoms with Crippen LogP contribution in [0.2, 0.25) is 0 Å². The molecule has 0 saturated heterocycles. The minimum absolute atomic E-state index is 0.0797. The highest BCUT2D eigenvalue weighted by Gasteiger charge is 2.18. The van der Waals surface area contributed by atoms with Gasteiger partial charge in [0.05, 0.1) is 11.4 Å². The van der Waals surface area contributed by atoms with Crippen LogP contribution in [0.4, 0.5) is 16.5 Å². The molecule has 0 aliphatic rings. The number of nitrogens with one attached hydrogen (secondary N) is 1. The van der Waals surface area contributed by atoms with Crippen LogP contribution in [-0.2, 0) is 9.59 Å². The summed E-state index contributed by atoms with van der Waals surface area (Å²) in [6.45, 7) is 1.46. The van der Waals surface area contributed by atoms with Crippen molar-refractivity contribution in [3.05, 3.63) is 89.4 Å². The number of amides is 2. The zero-order valence-corrected chi connectivity index (χ0v) is 18.0. The normalized spacial score (nSPS) is 11.1. The van der Waals surface area contributed by atoms with Crippen LogP contribution in [0.1, 0.15) is 12.6 Å². The first-order valence-corrected chi connectivity index (χ1v) is 10.7. The zero-order chi connectivity index (χ0) is 22.5. The van der Waals surface area contributed by atoms with Crippen LogP contribution in [0.5, 0.6) is 0 Å². The Morgan fingerprint density at radius 1 is 1.03 bits per heavy atom. The van der Waals surface area contributed by atoms with Crippen molar-refractivity contribution in [2.75, 3.05) is 10.2 Å². The van der Waals surface area contributed by atoms with Crippen molar-refractivity contribution >= 4 is 56.5 Å². The van der Waals surface area contributed by atoms with E-state index in [9.17, 15) is 14.9 Å². The Bertz CT molecular complexity index is 1360. The smallest absolute Gasteiger partial charge is 0.266 e. The van der Waals surface area contributed by atoms with E-state index in [-0.39, 0.29) is 11.5 Å². The summed E-state index contributed by atoms with van der Waals surface area (Å²) in [7, 11) is 0. The van der Waals surface area contributed by atoms with E-state index < -0.39 is 5.91 Å². The summed E-state index contributed by atoms with van der Waals surface area (Å²) in [5.41, 5.74) is 1.67. The molecule has 0 radical (unpaired) electrons. The van der Waals surface area contributed by atoms with Gasteiger partial charge in [0.2, 0.25) is 5.91 Å². The Hall–Kier alpha value is -4.28. The number of rotatable bonds is 5. The van der Waals surface area contributed by atoms with Crippen molar-refractivity contribution in [1.82, 2.24) is 4.98 Å². The number of carbonyl (C=O) groups excluding carboxylic acids is 2. The second-order valence-electron chi connectivity index (χ2n) is 6.90. The topological polar surface area (TPSA) is 86.1 Å². The molecule has 7 heteroatoms. The molecule has 0 spiro atoms. The molecule has 0 aliphatic carbocycles. The standard InChI is InChI=1S/C25H18N4O2S/c1-17(30)29(21-10-3-2-4-11-21)25-27-20(16-32-25)14-19(15-26)24(31)28-23-13-7-9-18-8-5-6-12-22(18)23/h2-14,16H,1H3,(H,28,31)/b19-14+. The number of aromatic nitrogens is 1. The van der Waals surface area contributed by atoms with Crippen LogP contribution in [0.25, 0.3) is 16.8 Å². The Morgan fingerprint density at radius 2 is 1.75 bits per heavy atom. The summed E-state index contributed by atoms with van der Waals surface area (Å²) in [5.74, 6) is -0.708. The molecule has 0 unspecified atom stereocenters. The van der Waals surface area contributed by atoms with Gasteiger partial charge in [0.15, 0.2) is 5.13 Å². The lowest BCUT2D eigenvalue weighted by molar-refractivity contribution is -0.116. The van der Waals surface area contributed by atoms with E-state index in [1.54, 1.807) is 11.4 Å². The lowest BCUT2D eigenvalue weighted by Gasteiger charge is -2.17. The molecule has 0 saturated carbocycles. The molecular formula is C25H18N4O2S. The van der Waals surface area contributed by atoms with Gasteiger partial charge in [-0.15, -0.1) is 11.3 Å². The van der Waals surface area contributed by atoms with Gasteiger partial charge < -0.3 is 5.32 Å². The number of para-hydroxylation sites is 1. The number of fused-ring (bicyclic) bond motifs is 1. The first-order chi connectivity index (χ1) is 15.6. The van der Waals surface area contributed by atoms with Gasteiger partial charge in [-0.2, -0.15) is 5.26 Å². The predicted molar refractivity (Wildman–Crippen MR) is 128 cm³/mol. The van der Waals surface area contributed by atoms with Crippen LogP contribution >= 0.6 is 11.3 Å². The van der Waals surface area contributed by atoms with E-state index in [1.807, 2.05) is 72.8 Å². The molecule has 4 rings (SSSR count). The Labute approximate surface area is 189 Å². The van der Waals surface area contributed by atoms with Crippen molar-refractivity contribution in [1.29, 1.82) is 5.26 Å². The Balaban J connectivity index is 1.60. The summed E-state index contributed by atoms with van der Waals surface area (Å²) in [6.07, 6.45) is 1.42. The van der Waals surface area contributed by atoms with Gasteiger partial charge in [0.25, 0.3) is 5.91 Å². The highest BCUT2D eigenvalue weighted by Crippen LogP contribution is 2.29. The number of nitrogens with zero attached hydrogens (tertiary/aromatic N) is 3. The van der Waals surface area contributed by atoms with Crippen LogP contribution in [0.3, 0.4) is 0 Å². The average molecular weight is 439 g/mol. The fraction of sp³-hybridized carbons (Fsp3) is 0.0400. The van der Waals surface area contributed by atoms with Gasteiger partial charge in [0.1, 0.15) is 11.6 Å². The summed E-state index contributed by atoms with van der Waals surface area (Å²) in [4.78, 5) is 30.9. The van der Waals surface area contributed by atoms with Crippen molar-refractivity contribution in [3.63, 3.8) is 0 Å². The van der Waals surface area contributed by atoms with E-state index >= 15 is 0 Å². The van der Waals surface area contributed by atoms with Crippen molar-refractivity contribution < 1.29 is 9.59 Å². The van der Waals surface area contributed by atoms with Gasteiger partial charge in [-0.05, 0) is 29.7 Å². The molecule has 3 aromatic carbocycles. The van der Waals surface area contributed by atoms with Crippen molar-refractivity contribution in [3.8, 4) is 6.07 Å². The third-order valence-corrected chi connectivity index (χ3v) is 5.57. The fourth-order valence-corrected chi connectivity index (χ4v) is 4.11. The lowest BCUT2D eigenvalue weighted by atomic mass is 10.1. The monoisotopic (exact) mass is 438 g/mol. The number of carbonyl (C=O) groups is 2. The number of thiazole rings is 1. The number of anilines is 3. The molecule has 0 atom stereocenters. The van der Waals surface area contributed by atoms with E-state index in [0.29, 0.717) is 22.2 Å². The predicted octanol–water partition coefficient (Wildman–Crippen LogP) is 5.53. The van der Waals surface area contributed by atoms with Crippen LogP contribution < -0.4 is 10.2 Å². The molecule has 156 valence electrons. The molecule has 1 heterocycles. The maximum atomic E-state index is 12.8. The first-order valence-electron chi connectivity index (χ1n) is 9.79. The average Bonchev–Trinajstić information content (AvgIpc) is 3.26. The molecule has 0 aliphatic heterocycles. The Morgan fingerprint density at radius 3 is 2.50 bits per heavy atom. The number of hydrogen-bond acceptors (Lipinski definition) is 5. The molecule has 4 aromatic rings. The molecule has 2 amide bonds. The summed E-state index contributed by atoms with van der Waals surface area (Å²) in [5, 5.41) is 16.4. The minimum atomic E-state index is -0.523. The first kappa shape index (κ1) is 21.0. The molecule has 0 fully saturated rings. The van der Waals surface area contributed by atoms with Gasteiger partial charge in [-0.1, -0.05) is 54.6 Å². The third kappa shape index (κ3) is 4.41. The minimum Gasteiger partial charge on any atom is -0.321 e. The SMILES string of the molecule is CC(=O)N(c1ccccc1)c1nc(/C=C(\C#N)C(=O)Nc2cccc3ccccc23)cs1. The largest absolute Gasteiger partial charge is 0.321 e. The molecular weight excluding hydrogens is 420 g/mol. The molecule has 32 heavy (non-hydrogen) atoms. The summed E-state index contributed by atoms with van der Waals surface area (Å²) in [6, 6.07) is 24.4. The Kier molecular flexibility index (Phi) is 6.06. The molecule has 6 nitrogen and oxygen atoms in total. The molecule has 0 bridgehead atoms. The summed E-state index contributed by atoms with van der Waals surface area (Å²) >= 11 is 1.26. The fourth-order valence-electron chi connectivity index (χ4n) is 3.27. The van der Waals surface area contributed by atoms with Gasteiger partial charge in [-0.25, -0.2) is 4.98 Å². The van der Waals surface area contributed by atoms with Crippen LogP contribution in [0, 0.1) is 11.3 Å². The maximum absolute atomic E-state index is 12.8. The van der Waals surface area contributed by atoms with E-state index in [1.165, 1.54) is 29.2 Å². The molecule has 1 N–H and O–H groups in total. The van der Waals surface area contributed by atoms with Gasteiger partial charge in [-0.3, -0.25) is 14.5 Å². The van der Waals surface area contributed by atoms with E-state index in [2.05, 4.69) is 10.3 Å². The second kappa shape index (κ2) is 9.25. The van der Waals surface area contributed by atoms with Crippen molar-refractivity contribution in [2.24, 2.45) is 0 Å².